The van der Waals surface area contributed by atoms with Gasteiger partial charge in [0.05, 0.1) is 32.4 Å². The molecule has 0 aliphatic carbocycles. The van der Waals surface area contributed by atoms with E-state index >= 15 is 0 Å². The van der Waals surface area contributed by atoms with Gasteiger partial charge in [0.2, 0.25) is 10.0 Å². The number of hydrogen-bond acceptors (Lipinski definition) is 4. The summed E-state index contributed by atoms with van der Waals surface area (Å²) < 4.78 is 306. The van der Waals surface area contributed by atoms with Gasteiger partial charge in [0, 0.05) is 19.4 Å². The highest BCUT2D eigenvalue weighted by molar-refractivity contribution is 7.89. The fourth-order valence-corrected chi connectivity index (χ4v) is 4.37. The van der Waals surface area contributed by atoms with Gasteiger partial charge in [-0.1, -0.05) is 0 Å². The van der Waals surface area contributed by atoms with Gasteiger partial charge < -0.3 is 14.4 Å². The minimum Gasteiger partial charge on any atom is -0.544 e. The Kier molecular flexibility index (Phi) is 12.1. The van der Waals surface area contributed by atoms with E-state index in [2.05, 4.69) is 0 Å². The summed E-state index contributed by atoms with van der Waals surface area (Å²) in [5.41, 5.74) is 0. The van der Waals surface area contributed by atoms with Gasteiger partial charge in [-0.2, -0.15) is 92.2 Å². The number of carbonyl (C=O) groups excluding carboxylic acids is 1. The molecule has 0 unspecified atom stereocenters. The summed E-state index contributed by atoms with van der Waals surface area (Å²) in [5, 5.41) is 10.6. The molecule has 1 N–H and O–H groups in total. The largest absolute Gasteiger partial charge is 0.544 e. The molecule has 0 heterocycles. The Balaban J connectivity index is 6.38. The van der Waals surface area contributed by atoms with Crippen molar-refractivity contribution in [1.82, 2.24) is 4.72 Å². The van der Waals surface area contributed by atoms with Crippen LogP contribution >= 0.6 is 0 Å². The van der Waals surface area contributed by atoms with Crippen LogP contribution < -0.4 is 9.83 Å². The molecule has 0 fully saturated rings. The van der Waals surface area contributed by atoms with Crippen molar-refractivity contribution in [2.45, 2.75) is 72.3 Å². The van der Waals surface area contributed by atoms with Gasteiger partial charge in [-0.3, -0.25) is 0 Å². The Labute approximate surface area is 248 Å². The van der Waals surface area contributed by atoms with E-state index in [0.717, 1.165) is 0 Å². The van der Waals surface area contributed by atoms with Crippen LogP contribution in [0.2, 0.25) is 0 Å². The lowest BCUT2D eigenvalue weighted by Crippen LogP contribution is -2.76. The van der Waals surface area contributed by atoms with Crippen LogP contribution in [0.3, 0.4) is 0 Å². The summed E-state index contributed by atoms with van der Waals surface area (Å²) in [4.78, 5) is 10.6. The number of nitrogens with zero attached hydrogens (tertiary/aromatic N) is 1. The number of carbonyl (C=O) groups is 1. The normalized spacial score (nSPS) is 16.1. The summed E-state index contributed by atoms with van der Waals surface area (Å²) >= 11 is 0. The van der Waals surface area contributed by atoms with Crippen LogP contribution in [0.4, 0.5) is 92.2 Å². The fraction of sp³-hybridized carbons (Fsp3) is 0.947. The second kappa shape index (κ2) is 12.6. The van der Waals surface area contributed by atoms with Gasteiger partial charge in [0.1, 0.15) is 6.54 Å². The summed E-state index contributed by atoms with van der Waals surface area (Å²) in [6, 6.07) is 0. The van der Waals surface area contributed by atoms with Crippen LogP contribution in [0.15, 0.2) is 0 Å². The molecular weight excluding hydrogens is 751 g/mol. The molecule has 0 atom stereocenters. The molecule has 28 heteroatoms. The number of rotatable bonds is 18. The van der Waals surface area contributed by atoms with Gasteiger partial charge in [0.15, 0.2) is 0 Å². The highest BCUT2D eigenvalue weighted by atomic mass is 32.2. The zero-order chi connectivity index (χ0) is 38.5. The maximum atomic E-state index is 14.0. The van der Waals surface area contributed by atoms with Gasteiger partial charge in [-0.25, -0.2) is 13.1 Å². The predicted octanol–water partition coefficient (Wildman–Crippen LogP) is 4.79. The van der Waals surface area contributed by atoms with Crippen molar-refractivity contribution in [2.24, 2.45) is 0 Å². The monoisotopic (exact) mass is 770 g/mol. The van der Waals surface area contributed by atoms with E-state index in [9.17, 15) is 111 Å². The quantitative estimate of drug-likeness (QED) is 0.124. The molecule has 0 saturated carbocycles. The van der Waals surface area contributed by atoms with Crippen molar-refractivity contribution in [3.8, 4) is 0 Å². The number of alkyl halides is 21. The Hall–Kier alpha value is -2.13. The van der Waals surface area contributed by atoms with E-state index < -0.39 is 105 Å². The van der Waals surface area contributed by atoms with Crippen molar-refractivity contribution in [1.29, 1.82) is 0 Å². The number of halogens is 21. The van der Waals surface area contributed by atoms with E-state index in [1.54, 1.807) is 0 Å². The molecule has 0 aliphatic rings. The smallest absolute Gasteiger partial charge is 0.460 e. The lowest BCUT2D eigenvalue weighted by Gasteiger charge is -2.44. The first-order valence-corrected chi connectivity index (χ1v) is 13.2. The molecule has 47 heavy (non-hydrogen) atoms. The number of aliphatic carboxylic acids is 1. The lowest BCUT2D eigenvalue weighted by atomic mass is 9.86. The topological polar surface area (TPSA) is 86.3 Å². The van der Waals surface area contributed by atoms with Gasteiger partial charge >= 0.3 is 59.5 Å². The number of sulfonamides is 1. The molecule has 0 radical (unpaired) electrons. The fourth-order valence-electron chi connectivity index (χ4n) is 3.25. The standard InChI is InChI=1S/C19H19F21N2O4S/c1-42(2,8-9(43)44)6-3-5-41-47(45,46)7-4-10(20,21)11(22,23)12(24,25)13(26,27)14(28,29)15(30,31)16(32,33)17(34,35)18(36,37)19(38,39)40/h41H,3-8H2,1-2H3. The van der Waals surface area contributed by atoms with Gasteiger partial charge in [0.25, 0.3) is 0 Å². The van der Waals surface area contributed by atoms with Crippen LogP contribution in [0.1, 0.15) is 12.8 Å². The third kappa shape index (κ3) is 7.71. The van der Waals surface area contributed by atoms with Crippen molar-refractivity contribution in [3.63, 3.8) is 0 Å². The van der Waals surface area contributed by atoms with E-state index in [1.807, 2.05) is 0 Å². The molecule has 0 aliphatic heterocycles. The molecule has 0 bridgehead atoms. The van der Waals surface area contributed by atoms with Crippen LogP contribution in [-0.2, 0) is 14.8 Å². The third-order valence-electron chi connectivity index (χ3n) is 6.08. The highest BCUT2D eigenvalue weighted by Crippen LogP contribution is 2.66. The first kappa shape index (κ1) is 44.9. The molecule has 0 amide bonds. The van der Waals surface area contributed by atoms with Crippen molar-refractivity contribution in [2.75, 3.05) is 39.5 Å². The summed E-state index contributed by atoms with van der Waals surface area (Å²) in [6.45, 7) is -1.75. The molecule has 0 spiro atoms. The molecule has 282 valence electrons. The second-order valence-electron chi connectivity index (χ2n) is 10.3. The average molecular weight is 770 g/mol. The highest BCUT2D eigenvalue weighted by Gasteiger charge is 2.97. The van der Waals surface area contributed by atoms with Crippen molar-refractivity contribution in [3.05, 3.63) is 0 Å². The lowest BCUT2D eigenvalue weighted by molar-refractivity contribution is -0.884. The number of hydrogen-bond donors (Lipinski definition) is 1. The summed E-state index contributed by atoms with van der Waals surface area (Å²) in [7, 11) is -2.87. The van der Waals surface area contributed by atoms with E-state index in [0.29, 0.717) is 0 Å². The van der Waals surface area contributed by atoms with E-state index in [4.69, 9.17) is 0 Å². The first-order valence-electron chi connectivity index (χ1n) is 11.5. The number of carboxylic acid groups (broad SMARTS) is 1. The summed E-state index contributed by atoms with van der Waals surface area (Å²) in [5.74, 6) is -82.6. The number of nitrogens with one attached hydrogen (secondary N) is 1. The van der Waals surface area contributed by atoms with Gasteiger partial charge in [-0.05, 0) is 0 Å². The van der Waals surface area contributed by atoms with Crippen molar-refractivity contribution >= 4 is 16.0 Å². The minimum absolute atomic E-state index is 0.232. The van der Waals surface area contributed by atoms with Crippen LogP contribution in [-0.4, -0.2) is 118 Å². The van der Waals surface area contributed by atoms with Crippen molar-refractivity contribution < 1.29 is 115 Å². The zero-order valence-corrected chi connectivity index (χ0v) is 23.5. The first-order chi connectivity index (χ1) is 20.1. The maximum Gasteiger partial charge on any atom is 0.460 e. The van der Waals surface area contributed by atoms with Crippen LogP contribution in [0, 0.1) is 0 Å². The second-order valence-corrected chi connectivity index (χ2v) is 12.2. The molecule has 0 saturated heterocycles. The Bertz CT molecular complexity index is 1230. The molecular formula is C19H19F21N2O4S. The molecule has 0 rings (SSSR count). The van der Waals surface area contributed by atoms with Crippen LogP contribution in [0.5, 0.6) is 0 Å². The average Bonchev–Trinajstić information content (AvgIpc) is 2.83. The minimum atomic E-state index is -9.29. The zero-order valence-electron chi connectivity index (χ0n) is 22.7. The van der Waals surface area contributed by atoms with Crippen LogP contribution in [0.25, 0.3) is 0 Å². The van der Waals surface area contributed by atoms with Gasteiger partial charge in [-0.15, -0.1) is 0 Å². The number of quaternary nitrogens is 1. The SMILES string of the molecule is C[N+](C)(CCCNS(=O)(=O)CCC(F)(F)C(F)(F)C(F)(F)C(F)(F)C(F)(F)C(F)(F)C(F)(F)C(F)(F)C(F)(F)C(F)(F)F)CC(=O)[O-]. The molecule has 0 aromatic rings. The molecule has 6 nitrogen and oxygen atoms in total. The number of likely N-dealkylation sites (N-methyl/N-ethyl adjacent to an activating group) is 1. The summed E-state index contributed by atoms with van der Waals surface area (Å²) in [6.07, 6.45) is -11.7. The van der Waals surface area contributed by atoms with E-state index in [1.165, 1.54) is 18.8 Å². The predicted molar refractivity (Wildman–Crippen MR) is 108 cm³/mol. The molecule has 0 aromatic carbocycles. The Morgan fingerprint density at radius 1 is 0.596 bits per heavy atom. The van der Waals surface area contributed by atoms with E-state index in [-0.39, 0.29) is 13.0 Å². The molecule has 0 aromatic heterocycles. The number of carboxylic acids is 1. The Morgan fingerprint density at radius 2 is 0.915 bits per heavy atom. The Morgan fingerprint density at radius 3 is 1.23 bits per heavy atom. The third-order valence-corrected chi connectivity index (χ3v) is 7.47. The maximum absolute atomic E-state index is 14.0.